The molecule has 1 aromatic heterocycles. The summed E-state index contributed by atoms with van der Waals surface area (Å²) in [6.45, 7) is 4.44. The largest absolute Gasteiger partial charge is 0.486 e. The maximum atomic E-state index is 13.1. The number of hydrogen-bond acceptors (Lipinski definition) is 5. The molecule has 1 aliphatic rings. The highest BCUT2D eigenvalue weighted by molar-refractivity contribution is 6.31. The Labute approximate surface area is 179 Å². The predicted molar refractivity (Wildman–Crippen MR) is 117 cm³/mol. The molecule has 3 aromatic rings. The zero-order chi connectivity index (χ0) is 20.9. The number of fused-ring (bicyclic) bond motifs is 1. The van der Waals surface area contributed by atoms with Crippen molar-refractivity contribution < 1.29 is 13.9 Å². The van der Waals surface area contributed by atoms with Gasteiger partial charge >= 0.3 is 0 Å². The van der Waals surface area contributed by atoms with E-state index in [1.807, 2.05) is 30.3 Å². The lowest BCUT2D eigenvalue weighted by atomic mass is 10.1. The van der Waals surface area contributed by atoms with Gasteiger partial charge in [-0.1, -0.05) is 41.9 Å². The first kappa shape index (κ1) is 20.4. The third-order valence-corrected chi connectivity index (χ3v) is 5.50. The van der Waals surface area contributed by atoms with Crippen molar-refractivity contribution in [2.75, 3.05) is 39.3 Å². The van der Waals surface area contributed by atoms with Gasteiger partial charge in [-0.2, -0.15) is 0 Å². The predicted octanol–water partition coefficient (Wildman–Crippen LogP) is 3.66. The van der Waals surface area contributed by atoms with Crippen LogP contribution in [0.5, 0.6) is 5.75 Å². The number of piperazine rings is 1. The fourth-order valence-electron chi connectivity index (χ4n) is 3.62. The van der Waals surface area contributed by atoms with E-state index in [0.717, 1.165) is 51.1 Å². The standard InChI is InChI=1S/C23H23ClN2O4/c24-18-7-8-20-19(15-18)21(28)23(22(30-20)17-5-2-1-3-6-17)29-14-4-9-25-10-12-26(16-27)13-11-25/h1-3,5-8,15-16H,4,9-14H2. The van der Waals surface area contributed by atoms with E-state index < -0.39 is 0 Å². The Hall–Kier alpha value is -2.83. The SMILES string of the molecule is O=CN1CCN(CCCOc2c(-c3ccccc3)oc3ccc(Cl)cc3c2=O)CC1. The zero-order valence-electron chi connectivity index (χ0n) is 16.6. The Morgan fingerprint density at radius 3 is 2.57 bits per heavy atom. The number of carbonyl (C=O) groups excluding carboxylic acids is 1. The molecular weight excluding hydrogens is 404 g/mol. The molecule has 0 aliphatic carbocycles. The summed E-state index contributed by atoms with van der Waals surface area (Å²) in [5.41, 5.74) is 1.03. The summed E-state index contributed by atoms with van der Waals surface area (Å²) < 4.78 is 12.0. The average molecular weight is 427 g/mol. The third kappa shape index (κ3) is 4.50. The van der Waals surface area contributed by atoms with E-state index in [4.69, 9.17) is 20.8 Å². The van der Waals surface area contributed by atoms with Crippen LogP contribution in [0.2, 0.25) is 5.02 Å². The molecule has 156 valence electrons. The van der Waals surface area contributed by atoms with Crippen LogP contribution in [0.3, 0.4) is 0 Å². The number of halogens is 1. The van der Waals surface area contributed by atoms with Crippen LogP contribution in [0.4, 0.5) is 0 Å². The molecule has 1 amide bonds. The molecule has 0 radical (unpaired) electrons. The van der Waals surface area contributed by atoms with E-state index in [9.17, 15) is 9.59 Å². The second-order valence-corrected chi connectivity index (χ2v) is 7.72. The van der Waals surface area contributed by atoms with Gasteiger partial charge in [-0.3, -0.25) is 14.5 Å². The number of ether oxygens (including phenoxy) is 1. The molecule has 0 saturated carbocycles. The summed E-state index contributed by atoms with van der Waals surface area (Å²) in [5, 5.41) is 0.879. The van der Waals surface area contributed by atoms with Crippen molar-refractivity contribution in [3.8, 4) is 17.1 Å². The molecule has 1 saturated heterocycles. The van der Waals surface area contributed by atoms with Gasteiger partial charge in [0.15, 0.2) is 5.76 Å². The first-order valence-corrected chi connectivity index (χ1v) is 10.4. The molecule has 0 N–H and O–H groups in total. The van der Waals surface area contributed by atoms with Crippen LogP contribution in [0, 0.1) is 0 Å². The van der Waals surface area contributed by atoms with E-state index in [1.54, 1.807) is 23.1 Å². The summed E-state index contributed by atoms with van der Waals surface area (Å²) in [6, 6.07) is 14.5. The highest BCUT2D eigenvalue weighted by Gasteiger charge is 2.19. The second-order valence-electron chi connectivity index (χ2n) is 7.28. The molecule has 0 atom stereocenters. The van der Waals surface area contributed by atoms with Gasteiger partial charge in [-0.25, -0.2) is 0 Å². The Morgan fingerprint density at radius 1 is 1.07 bits per heavy atom. The fourth-order valence-corrected chi connectivity index (χ4v) is 3.79. The van der Waals surface area contributed by atoms with Gasteiger partial charge < -0.3 is 14.1 Å². The molecular formula is C23H23ClN2O4. The fraction of sp³-hybridized carbons (Fsp3) is 0.304. The zero-order valence-corrected chi connectivity index (χ0v) is 17.3. The van der Waals surface area contributed by atoms with Crippen LogP contribution >= 0.6 is 11.6 Å². The lowest BCUT2D eigenvalue weighted by Gasteiger charge is -2.32. The van der Waals surface area contributed by atoms with Crippen LogP contribution in [-0.2, 0) is 4.79 Å². The third-order valence-electron chi connectivity index (χ3n) is 5.27. The van der Waals surface area contributed by atoms with E-state index in [-0.39, 0.29) is 11.2 Å². The molecule has 2 aromatic carbocycles. The van der Waals surface area contributed by atoms with Crippen molar-refractivity contribution in [2.24, 2.45) is 0 Å². The van der Waals surface area contributed by atoms with Crippen LogP contribution < -0.4 is 10.2 Å². The minimum atomic E-state index is -0.225. The van der Waals surface area contributed by atoms with E-state index in [0.29, 0.717) is 28.4 Å². The molecule has 1 aliphatic heterocycles. The highest BCUT2D eigenvalue weighted by atomic mass is 35.5. The van der Waals surface area contributed by atoms with E-state index in [2.05, 4.69) is 4.90 Å². The monoisotopic (exact) mass is 426 g/mol. The molecule has 6 nitrogen and oxygen atoms in total. The maximum Gasteiger partial charge on any atom is 0.235 e. The molecule has 1 fully saturated rings. The van der Waals surface area contributed by atoms with Gasteiger partial charge in [0.2, 0.25) is 17.6 Å². The molecule has 7 heteroatoms. The van der Waals surface area contributed by atoms with Crippen molar-refractivity contribution in [1.29, 1.82) is 0 Å². The lowest BCUT2D eigenvalue weighted by Crippen LogP contribution is -2.46. The first-order chi connectivity index (χ1) is 14.7. The Kier molecular flexibility index (Phi) is 6.35. The molecule has 0 unspecified atom stereocenters. The summed E-state index contributed by atoms with van der Waals surface area (Å²) in [4.78, 5) is 28.0. The van der Waals surface area contributed by atoms with E-state index >= 15 is 0 Å². The van der Waals surface area contributed by atoms with Gasteiger partial charge in [-0.15, -0.1) is 0 Å². The van der Waals surface area contributed by atoms with Crippen molar-refractivity contribution in [2.45, 2.75) is 6.42 Å². The highest BCUT2D eigenvalue weighted by Crippen LogP contribution is 2.31. The van der Waals surface area contributed by atoms with Crippen LogP contribution in [0.25, 0.3) is 22.3 Å². The Morgan fingerprint density at radius 2 is 1.83 bits per heavy atom. The second kappa shape index (κ2) is 9.32. The first-order valence-electron chi connectivity index (χ1n) is 10.0. The minimum Gasteiger partial charge on any atom is -0.486 e. The topological polar surface area (TPSA) is 63.0 Å². The minimum absolute atomic E-state index is 0.210. The number of benzene rings is 2. The van der Waals surface area contributed by atoms with Gasteiger partial charge in [-0.05, 0) is 24.6 Å². The number of hydrogen-bond donors (Lipinski definition) is 0. The van der Waals surface area contributed by atoms with Crippen LogP contribution in [0.15, 0.2) is 57.7 Å². The summed E-state index contributed by atoms with van der Waals surface area (Å²) in [7, 11) is 0. The summed E-state index contributed by atoms with van der Waals surface area (Å²) in [5.74, 6) is 0.636. The van der Waals surface area contributed by atoms with Crippen molar-refractivity contribution in [3.05, 3.63) is 63.8 Å². The quantitative estimate of drug-likeness (QED) is 0.426. The van der Waals surface area contributed by atoms with Gasteiger partial charge in [0.1, 0.15) is 5.58 Å². The summed E-state index contributed by atoms with van der Waals surface area (Å²) >= 11 is 6.08. The lowest BCUT2D eigenvalue weighted by molar-refractivity contribution is -0.119. The number of carbonyl (C=O) groups is 1. The van der Waals surface area contributed by atoms with Crippen molar-refractivity contribution >= 4 is 29.0 Å². The molecule has 2 heterocycles. The average Bonchev–Trinajstić information content (AvgIpc) is 2.79. The Balaban J connectivity index is 1.52. The summed E-state index contributed by atoms with van der Waals surface area (Å²) in [6.07, 6.45) is 1.67. The number of rotatable bonds is 7. The van der Waals surface area contributed by atoms with Crippen LogP contribution in [0.1, 0.15) is 6.42 Å². The van der Waals surface area contributed by atoms with E-state index in [1.165, 1.54) is 0 Å². The van der Waals surface area contributed by atoms with Crippen LogP contribution in [-0.4, -0.2) is 55.5 Å². The molecule has 0 bridgehead atoms. The molecule has 0 spiro atoms. The normalized spacial score (nSPS) is 14.8. The number of nitrogens with zero attached hydrogens (tertiary/aromatic N) is 2. The van der Waals surface area contributed by atoms with Crippen molar-refractivity contribution in [3.63, 3.8) is 0 Å². The van der Waals surface area contributed by atoms with Gasteiger partial charge in [0.05, 0.1) is 12.0 Å². The molecule has 4 rings (SSSR count). The Bertz CT molecular complexity index is 1080. The molecule has 30 heavy (non-hydrogen) atoms. The van der Waals surface area contributed by atoms with Gasteiger partial charge in [0.25, 0.3) is 0 Å². The smallest absolute Gasteiger partial charge is 0.235 e. The van der Waals surface area contributed by atoms with Gasteiger partial charge in [0, 0.05) is 43.3 Å². The maximum absolute atomic E-state index is 13.1. The number of amides is 1. The van der Waals surface area contributed by atoms with Crippen molar-refractivity contribution in [1.82, 2.24) is 9.80 Å².